The number of hydrogen-bond acceptors (Lipinski definition) is 1. The minimum atomic E-state index is -4.41. The summed E-state index contributed by atoms with van der Waals surface area (Å²) in [5.41, 5.74) is -0.137. The molecule has 0 bridgehead atoms. The van der Waals surface area contributed by atoms with Crippen LogP contribution in [-0.2, 0) is 12.5 Å². The number of halogens is 7. The second kappa shape index (κ2) is 12.1. The minimum Gasteiger partial charge on any atom is -0.429 e. The molecule has 0 N–H and O–H groups in total. The molecule has 4 aromatic rings. The van der Waals surface area contributed by atoms with Crippen LogP contribution in [0, 0.1) is 40.9 Å². The van der Waals surface area contributed by atoms with Gasteiger partial charge in [-0.3, -0.25) is 0 Å². The van der Waals surface area contributed by atoms with Gasteiger partial charge in [0.2, 0.25) is 0 Å². The Labute approximate surface area is 226 Å². The van der Waals surface area contributed by atoms with E-state index in [-0.39, 0.29) is 23.1 Å². The van der Waals surface area contributed by atoms with Crippen LogP contribution in [0.2, 0.25) is 0 Å². The van der Waals surface area contributed by atoms with E-state index in [1.807, 2.05) is 0 Å². The first-order valence-corrected chi connectivity index (χ1v) is 12.1. The molecular formula is C32H21F7O. The highest BCUT2D eigenvalue weighted by molar-refractivity contribution is 5.66. The number of ether oxygens (including phenoxy) is 1. The van der Waals surface area contributed by atoms with Crippen molar-refractivity contribution in [2.45, 2.75) is 25.9 Å². The van der Waals surface area contributed by atoms with E-state index >= 15 is 0 Å². The fraction of sp³-hybridized carbons (Fsp3) is 0.125. The summed E-state index contributed by atoms with van der Waals surface area (Å²) in [7, 11) is 0. The third kappa shape index (κ3) is 6.73. The Morgan fingerprint density at radius 1 is 0.700 bits per heavy atom. The van der Waals surface area contributed by atoms with Gasteiger partial charge in [0.1, 0.15) is 28.8 Å². The highest BCUT2D eigenvalue weighted by atomic mass is 19.3. The molecular weight excluding hydrogens is 533 g/mol. The molecule has 40 heavy (non-hydrogen) atoms. The molecule has 0 saturated carbocycles. The zero-order chi connectivity index (χ0) is 28.9. The molecule has 0 atom stereocenters. The normalized spacial score (nSPS) is 11.4. The van der Waals surface area contributed by atoms with Crippen LogP contribution in [0.5, 0.6) is 5.75 Å². The minimum absolute atomic E-state index is 0.0543. The Kier molecular flexibility index (Phi) is 8.64. The second-order valence-electron chi connectivity index (χ2n) is 8.76. The molecule has 4 aromatic carbocycles. The molecule has 0 radical (unpaired) electrons. The van der Waals surface area contributed by atoms with Crippen LogP contribution >= 0.6 is 0 Å². The summed E-state index contributed by atoms with van der Waals surface area (Å²) in [5.74, 6) is -1.01. The Hall–Kier alpha value is -4.51. The van der Waals surface area contributed by atoms with Gasteiger partial charge in [-0.15, -0.1) is 0 Å². The van der Waals surface area contributed by atoms with E-state index < -0.39 is 46.5 Å². The maximum atomic E-state index is 14.8. The third-order valence-electron chi connectivity index (χ3n) is 5.88. The molecule has 1 nitrogen and oxygen atoms in total. The van der Waals surface area contributed by atoms with Crippen molar-refractivity contribution in [3.8, 4) is 28.7 Å². The number of benzene rings is 4. The fourth-order valence-corrected chi connectivity index (χ4v) is 3.91. The van der Waals surface area contributed by atoms with Crippen molar-refractivity contribution in [1.29, 1.82) is 0 Å². The van der Waals surface area contributed by atoms with E-state index in [2.05, 4.69) is 16.6 Å². The number of allylic oxidation sites excluding steroid dienone is 2. The number of hydrogen-bond donors (Lipinski definition) is 0. The Morgan fingerprint density at radius 2 is 1.35 bits per heavy atom. The van der Waals surface area contributed by atoms with E-state index in [9.17, 15) is 30.7 Å². The molecule has 4 rings (SSSR count). The van der Waals surface area contributed by atoms with Crippen molar-refractivity contribution in [1.82, 2.24) is 0 Å². The van der Waals surface area contributed by atoms with Crippen LogP contribution < -0.4 is 4.74 Å². The number of alkyl halides is 2. The van der Waals surface area contributed by atoms with Crippen molar-refractivity contribution in [2.75, 3.05) is 0 Å². The molecule has 0 unspecified atom stereocenters. The van der Waals surface area contributed by atoms with Gasteiger partial charge in [0, 0.05) is 22.8 Å². The third-order valence-corrected chi connectivity index (χ3v) is 5.88. The first kappa shape index (κ1) is 28.5. The highest BCUT2D eigenvalue weighted by Crippen LogP contribution is 2.37. The van der Waals surface area contributed by atoms with Gasteiger partial charge in [-0.1, -0.05) is 36.1 Å². The van der Waals surface area contributed by atoms with E-state index in [0.717, 1.165) is 30.3 Å². The SMILES string of the molecule is C/C=C/CCc1cc(F)c(C(F)(F)Oc2ccc(-c3ccc(C#Cc4ccc(F)c(F)c4)cc3)c(F)c2)c(F)c1. The fourth-order valence-electron chi connectivity index (χ4n) is 3.91. The molecule has 8 heteroatoms. The molecule has 0 fully saturated rings. The van der Waals surface area contributed by atoms with Crippen LogP contribution in [0.4, 0.5) is 30.7 Å². The summed E-state index contributed by atoms with van der Waals surface area (Å²) in [6.07, 6.45) is -0.112. The molecule has 0 saturated heterocycles. The highest BCUT2D eigenvalue weighted by Gasteiger charge is 2.41. The van der Waals surface area contributed by atoms with Crippen molar-refractivity contribution in [2.24, 2.45) is 0 Å². The second-order valence-corrected chi connectivity index (χ2v) is 8.76. The topological polar surface area (TPSA) is 9.23 Å². The molecule has 0 aromatic heterocycles. The summed E-state index contributed by atoms with van der Waals surface area (Å²) >= 11 is 0. The monoisotopic (exact) mass is 554 g/mol. The first-order chi connectivity index (χ1) is 19.1. The predicted octanol–water partition coefficient (Wildman–Crippen LogP) is 9.09. The van der Waals surface area contributed by atoms with Gasteiger partial charge in [-0.2, -0.15) is 8.78 Å². The number of aryl methyl sites for hydroxylation is 1. The standard InChI is InChI=1S/C32H21F7O/c1-2-3-4-5-22-17-29(36)31(30(37)18-22)32(38,39)40-24-13-14-25(27(34)19-24)23-11-8-20(9-12-23)6-7-21-10-15-26(33)28(35)16-21/h2-3,8-19H,4-5H2,1H3/b3-2+. The lowest BCUT2D eigenvalue weighted by Crippen LogP contribution is -2.25. The number of rotatable bonds is 7. The smallest absolute Gasteiger partial charge is 0.429 e. The van der Waals surface area contributed by atoms with E-state index in [1.54, 1.807) is 31.2 Å². The average Bonchev–Trinajstić information content (AvgIpc) is 2.89. The van der Waals surface area contributed by atoms with E-state index in [1.165, 1.54) is 24.3 Å². The van der Waals surface area contributed by atoms with Crippen molar-refractivity contribution < 1.29 is 35.5 Å². The van der Waals surface area contributed by atoms with Crippen molar-refractivity contribution in [3.63, 3.8) is 0 Å². The van der Waals surface area contributed by atoms with Gasteiger partial charge in [-0.05, 0) is 85.5 Å². The van der Waals surface area contributed by atoms with Gasteiger partial charge in [0.15, 0.2) is 11.6 Å². The van der Waals surface area contributed by atoms with Crippen LogP contribution in [-0.4, -0.2) is 0 Å². The predicted molar refractivity (Wildman–Crippen MR) is 138 cm³/mol. The zero-order valence-corrected chi connectivity index (χ0v) is 21.1. The lowest BCUT2D eigenvalue weighted by molar-refractivity contribution is -0.189. The summed E-state index contributed by atoms with van der Waals surface area (Å²) in [5, 5.41) is 0. The van der Waals surface area contributed by atoms with Gasteiger partial charge < -0.3 is 4.74 Å². The lowest BCUT2D eigenvalue weighted by atomic mass is 10.0. The van der Waals surface area contributed by atoms with Gasteiger partial charge in [0.05, 0.1) is 0 Å². The quantitative estimate of drug-likeness (QED) is 0.126. The maximum absolute atomic E-state index is 14.8. The van der Waals surface area contributed by atoms with Crippen molar-refractivity contribution in [3.05, 3.63) is 136 Å². The van der Waals surface area contributed by atoms with E-state index in [4.69, 9.17) is 0 Å². The molecule has 0 heterocycles. The molecule has 0 aliphatic rings. The summed E-state index contributed by atoms with van der Waals surface area (Å²) < 4.78 is 104. The van der Waals surface area contributed by atoms with Crippen LogP contribution in [0.1, 0.15) is 35.6 Å². The molecule has 0 aliphatic carbocycles. The first-order valence-electron chi connectivity index (χ1n) is 12.1. The Bertz CT molecular complexity index is 1590. The van der Waals surface area contributed by atoms with E-state index in [0.29, 0.717) is 23.6 Å². The zero-order valence-electron chi connectivity index (χ0n) is 21.1. The lowest BCUT2D eigenvalue weighted by Gasteiger charge is -2.20. The Balaban J connectivity index is 1.50. The van der Waals surface area contributed by atoms with Gasteiger partial charge in [-0.25, -0.2) is 22.0 Å². The maximum Gasteiger partial charge on any atom is 0.432 e. The summed E-state index contributed by atoms with van der Waals surface area (Å²) in [6.45, 7) is 1.78. The average molecular weight is 555 g/mol. The van der Waals surface area contributed by atoms with Gasteiger partial charge in [0.25, 0.3) is 0 Å². The molecule has 204 valence electrons. The largest absolute Gasteiger partial charge is 0.432 e. The summed E-state index contributed by atoms with van der Waals surface area (Å²) in [6, 6.07) is 14.1. The molecule has 0 aliphatic heterocycles. The van der Waals surface area contributed by atoms with Gasteiger partial charge >= 0.3 is 6.11 Å². The van der Waals surface area contributed by atoms with Crippen LogP contribution in [0.15, 0.2) is 84.9 Å². The van der Waals surface area contributed by atoms with Crippen LogP contribution in [0.25, 0.3) is 11.1 Å². The summed E-state index contributed by atoms with van der Waals surface area (Å²) in [4.78, 5) is 0. The molecule has 0 spiro atoms. The van der Waals surface area contributed by atoms with Crippen LogP contribution in [0.3, 0.4) is 0 Å². The molecule has 0 amide bonds. The Morgan fingerprint density at radius 3 is 1.98 bits per heavy atom. The van der Waals surface area contributed by atoms with Crippen molar-refractivity contribution >= 4 is 0 Å².